The van der Waals surface area contributed by atoms with E-state index in [-0.39, 0.29) is 18.1 Å². The Labute approximate surface area is 305 Å². The van der Waals surface area contributed by atoms with E-state index in [4.69, 9.17) is 17.0 Å². The van der Waals surface area contributed by atoms with Crippen molar-refractivity contribution in [3.63, 3.8) is 0 Å². The normalized spacial score (nSPS) is 15.2. The van der Waals surface area contributed by atoms with Crippen LogP contribution in [0.25, 0.3) is 32.7 Å². The zero-order valence-electron chi connectivity index (χ0n) is 29.8. The standard InChI is InChI=1S/C21H14.C21H25.C5H5.2ClH.Zr/c1-3-7-20-14-16(9-11-18(20)5-1)13-17-10-12-19-6-2-4-8-21(19)15-17;1-20(2,3)16-9-7-14-11-15-8-10-17(21(4,5)6)13-19(15)18(14)12-16;1-2-4-5-3-1;;;/h1-12,14-15H;7-13H,1-6H3;1-5H;2*1H;/q;;;;;+2/p-2. The van der Waals surface area contributed by atoms with E-state index in [0.29, 0.717) is 0 Å². The first-order valence-electron chi connectivity index (χ1n) is 17.8. The Balaban J connectivity index is 1.56. The van der Waals surface area contributed by atoms with E-state index >= 15 is 0 Å². The summed E-state index contributed by atoms with van der Waals surface area (Å²) >= 11 is -5.50. The molecule has 8 rings (SSSR count). The fourth-order valence-electron chi connectivity index (χ4n) is 8.45. The van der Waals surface area contributed by atoms with Gasteiger partial charge in [-0.25, -0.2) is 0 Å². The Hall–Kier alpha value is -3.35. The van der Waals surface area contributed by atoms with Gasteiger partial charge in [0.05, 0.1) is 0 Å². The molecule has 0 N–H and O–H groups in total. The van der Waals surface area contributed by atoms with Gasteiger partial charge in [-0.3, -0.25) is 0 Å². The van der Waals surface area contributed by atoms with E-state index < -0.39 is 15.9 Å². The third-order valence-corrected chi connectivity index (χ3v) is 30.8. The molecule has 0 spiro atoms. The molecule has 0 atom stereocenters. The van der Waals surface area contributed by atoms with Crippen molar-refractivity contribution < 1.29 is 15.9 Å². The molecular weight excluding hydrogens is 727 g/mol. The van der Waals surface area contributed by atoms with Crippen LogP contribution in [0.1, 0.15) is 78.5 Å². The number of hydrogen-bond donors (Lipinski definition) is 0. The molecule has 2 aliphatic rings. The predicted molar refractivity (Wildman–Crippen MR) is 216 cm³/mol. The Kier molecular flexibility index (Phi) is 8.00. The molecule has 0 saturated carbocycles. The second-order valence-corrected chi connectivity index (χ2v) is 37.2. The molecule has 6 aromatic carbocycles. The van der Waals surface area contributed by atoms with Gasteiger partial charge < -0.3 is 0 Å². The van der Waals surface area contributed by atoms with Gasteiger partial charge in [-0.2, -0.15) is 0 Å². The van der Waals surface area contributed by atoms with Crippen molar-refractivity contribution in [2.24, 2.45) is 0 Å². The molecule has 0 nitrogen and oxygen atoms in total. The van der Waals surface area contributed by atoms with Crippen molar-refractivity contribution in [1.82, 2.24) is 0 Å². The molecule has 0 heterocycles. The number of fused-ring (bicyclic) bond motifs is 5. The fourth-order valence-corrected chi connectivity index (χ4v) is 27.8. The summed E-state index contributed by atoms with van der Waals surface area (Å²) in [7, 11) is 17.8. The van der Waals surface area contributed by atoms with Crippen LogP contribution < -0.4 is 0 Å². The van der Waals surface area contributed by atoms with E-state index in [9.17, 15) is 0 Å². The van der Waals surface area contributed by atoms with Crippen molar-refractivity contribution in [2.75, 3.05) is 0 Å². The Morgan fingerprint density at radius 3 is 1.34 bits per heavy atom. The first kappa shape index (κ1) is 33.8. The third-order valence-electron chi connectivity index (χ3n) is 11.2. The molecule has 0 unspecified atom stereocenters. The van der Waals surface area contributed by atoms with Crippen LogP contribution in [-0.2, 0) is 26.7 Å². The summed E-state index contributed by atoms with van der Waals surface area (Å²) in [5.41, 5.74) is 9.89. The van der Waals surface area contributed by atoms with E-state index in [1.165, 1.54) is 54.9 Å². The number of allylic oxidation sites excluding steroid dienone is 4. The number of halogens is 2. The van der Waals surface area contributed by atoms with Crippen molar-refractivity contribution in [1.29, 1.82) is 0 Å². The number of rotatable bonds is 4. The Bertz CT molecular complexity index is 2320. The topological polar surface area (TPSA) is 0 Å². The van der Waals surface area contributed by atoms with Gasteiger partial charge in [-0.05, 0) is 0 Å². The SMILES string of the molecule is CC(C)(C)c1ccc2c(c1)-c1cc(C(C)(C)C)ccc1[CH]2[Zr]([Cl])([Cl])(=[C](c1ccc2ccccc2c1)c1ccc2ccccc2c1)[CH]1C=CC=C1. The van der Waals surface area contributed by atoms with Gasteiger partial charge in [0.1, 0.15) is 0 Å². The molecule has 0 saturated heterocycles. The van der Waals surface area contributed by atoms with E-state index in [1.54, 1.807) is 0 Å². The van der Waals surface area contributed by atoms with Crippen molar-refractivity contribution >= 4 is 41.8 Å². The summed E-state index contributed by atoms with van der Waals surface area (Å²) in [5.74, 6) is 0. The van der Waals surface area contributed by atoms with Crippen LogP contribution in [0.5, 0.6) is 0 Å². The quantitative estimate of drug-likeness (QED) is 0.167. The Morgan fingerprint density at radius 2 is 0.920 bits per heavy atom. The van der Waals surface area contributed by atoms with Gasteiger partial charge in [0.15, 0.2) is 0 Å². The van der Waals surface area contributed by atoms with Gasteiger partial charge in [-0.15, -0.1) is 0 Å². The number of hydrogen-bond acceptors (Lipinski definition) is 0. The Morgan fingerprint density at radius 1 is 0.500 bits per heavy atom. The van der Waals surface area contributed by atoms with Crippen LogP contribution in [0.2, 0.25) is 3.63 Å². The van der Waals surface area contributed by atoms with Crippen LogP contribution in [0.3, 0.4) is 0 Å². The maximum absolute atomic E-state index is 8.90. The molecule has 0 aromatic heterocycles. The average Bonchev–Trinajstić information content (AvgIpc) is 3.75. The monoisotopic (exact) mass is 768 g/mol. The van der Waals surface area contributed by atoms with Crippen LogP contribution in [0.15, 0.2) is 146 Å². The summed E-state index contributed by atoms with van der Waals surface area (Å²) in [5, 5.41) is 4.77. The molecule has 0 fully saturated rings. The molecule has 3 heteroatoms. The van der Waals surface area contributed by atoms with Gasteiger partial charge in [0.2, 0.25) is 0 Å². The second kappa shape index (κ2) is 11.8. The van der Waals surface area contributed by atoms with E-state index in [1.807, 2.05) is 0 Å². The zero-order valence-corrected chi connectivity index (χ0v) is 33.7. The van der Waals surface area contributed by atoms with E-state index in [2.05, 4.69) is 187 Å². The van der Waals surface area contributed by atoms with Gasteiger partial charge in [0.25, 0.3) is 0 Å². The van der Waals surface area contributed by atoms with Crippen LogP contribution in [-0.4, -0.2) is 3.21 Å². The molecule has 0 bridgehead atoms. The molecule has 0 amide bonds. The molecule has 6 aromatic rings. The molecule has 0 radical (unpaired) electrons. The minimum absolute atomic E-state index is 0.000716. The summed E-state index contributed by atoms with van der Waals surface area (Å²) in [6.07, 6.45) is 8.84. The third kappa shape index (κ3) is 5.39. The fraction of sp³-hybridized carbons (Fsp3) is 0.213. The van der Waals surface area contributed by atoms with Crippen LogP contribution in [0, 0.1) is 0 Å². The summed E-state index contributed by atoms with van der Waals surface area (Å²) in [4.78, 5) is 0. The first-order valence-corrected chi connectivity index (χ1v) is 28.2. The van der Waals surface area contributed by atoms with Crippen molar-refractivity contribution in [3.05, 3.63) is 179 Å². The summed E-state index contributed by atoms with van der Waals surface area (Å²) < 4.78 is 0.843. The molecule has 250 valence electrons. The van der Waals surface area contributed by atoms with Gasteiger partial charge in [0, 0.05) is 0 Å². The molecule has 50 heavy (non-hydrogen) atoms. The first-order chi connectivity index (χ1) is 23.7. The average molecular weight is 771 g/mol. The summed E-state index contributed by atoms with van der Waals surface area (Å²) in [6.45, 7) is 13.8. The van der Waals surface area contributed by atoms with Crippen molar-refractivity contribution in [2.45, 2.75) is 59.6 Å². The van der Waals surface area contributed by atoms with Crippen molar-refractivity contribution in [3.8, 4) is 11.1 Å². The number of benzene rings is 6. The predicted octanol–water partition coefficient (Wildman–Crippen LogP) is 13.8. The van der Waals surface area contributed by atoms with Crippen LogP contribution in [0.4, 0.5) is 0 Å². The van der Waals surface area contributed by atoms with Gasteiger partial charge >= 0.3 is 307 Å². The molecule has 0 aliphatic heterocycles. The minimum atomic E-state index is -5.50. The zero-order chi connectivity index (χ0) is 35.1. The second-order valence-electron chi connectivity index (χ2n) is 16.5. The van der Waals surface area contributed by atoms with Gasteiger partial charge in [-0.1, -0.05) is 0 Å². The summed E-state index contributed by atoms with van der Waals surface area (Å²) in [6, 6.07) is 45.0. The molecule has 2 aliphatic carbocycles. The maximum atomic E-state index is 8.90. The molecular formula is C47H44Cl2Zr. The van der Waals surface area contributed by atoms with Crippen LogP contribution >= 0.6 is 17.0 Å². The van der Waals surface area contributed by atoms with E-state index in [0.717, 1.165) is 14.3 Å².